The number of benzene rings is 1. The molecule has 2 N–H and O–H groups in total. The van der Waals surface area contributed by atoms with Crippen LogP contribution in [-0.4, -0.2) is 17.8 Å². The van der Waals surface area contributed by atoms with E-state index in [1.807, 2.05) is 24.3 Å². The summed E-state index contributed by atoms with van der Waals surface area (Å²) in [5.41, 5.74) is 1.21. The Kier molecular flexibility index (Phi) is 5.09. The molecule has 0 aliphatic heterocycles. The lowest BCUT2D eigenvalue weighted by atomic mass is 10.0. The monoisotopic (exact) mass is 227 g/mol. The summed E-state index contributed by atoms with van der Waals surface area (Å²) in [6, 6.07) is 8.11. The fourth-order valence-electron chi connectivity index (χ4n) is 1.51. The minimum Gasteiger partial charge on any atom is -0.392 e. The fourth-order valence-corrected chi connectivity index (χ4v) is 1.63. The molecule has 0 aromatic heterocycles. The Hall–Kier alpha value is -0.570. The highest BCUT2D eigenvalue weighted by atomic mass is 35.5. The molecule has 0 aliphatic rings. The van der Waals surface area contributed by atoms with Crippen molar-refractivity contribution >= 4 is 11.6 Å². The van der Waals surface area contributed by atoms with E-state index >= 15 is 0 Å². The summed E-state index contributed by atoms with van der Waals surface area (Å²) in [5.74, 6) is 0. The van der Waals surface area contributed by atoms with Crippen LogP contribution in [0.25, 0.3) is 0 Å². The summed E-state index contributed by atoms with van der Waals surface area (Å²) in [5, 5.41) is 13.3. The summed E-state index contributed by atoms with van der Waals surface area (Å²) >= 11 is 5.83. The van der Waals surface area contributed by atoms with Gasteiger partial charge in [0.25, 0.3) is 0 Å². The highest BCUT2D eigenvalue weighted by molar-refractivity contribution is 6.30. The molecule has 84 valence electrons. The van der Waals surface area contributed by atoms with Gasteiger partial charge in [-0.2, -0.15) is 0 Å². The Bertz CT molecular complexity index is 284. The third-order valence-corrected chi connectivity index (χ3v) is 2.59. The Morgan fingerprint density at radius 1 is 1.33 bits per heavy atom. The van der Waals surface area contributed by atoms with Gasteiger partial charge >= 0.3 is 0 Å². The molecule has 0 amide bonds. The molecule has 3 heteroatoms. The zero-order chi connectivity index (χ0) is 11.3. The van der Waals surface area contributed by atoms with E-state index in [0.29, 0.717) is 6.54 Å². The van der Waals surface area contributed by atoms with E-state index in [1.54, 1.807) is 6.92 Å². The molecule has 0 saturated heterocycles. The van der Waals surface area contributed by atoms with Crippen molar-refractivity contribution in [2.24, 2.45) is 0 Å². The molecule has 0 aliphatic carbocycles. The summed E-state index contributed by atoms with van der Waals surface area (Å²) in [7, 11) is 0. The SMILES string of the molecule is CCC(NC[C@H](C)O)c1ccc(Cl)cc1. The van der Waals surface area contributed by atoms with Gasteiger partial charge in [0, 0.05) is 17.6 Å². The summed E-state index contributed by atoms with van der Waals surface area (Å²) < 4.78 is 0. The minimum absolute atomic E-state index is 0.289. The predicted octanol–water partition coefficient (Wildman–Crippen LogP) is 2.76. The molecule has 2 atom stereocenters. The van der Waals surface area contributed by atoms with Crippen LogP contribution in [0.15, 0.2) is 24.3 Å². The smallest absolute Gasteiger partial charge is 0.0636 e. The van der Waals surface area contributed by atoms with E-state index < -0.39 is 0 Å². The van der Waals surface area contributed by atoms with Gasteiger partial charge in [-0.1, -0.05) is 30.7 Å². The quantitative estimate of drug-likeness (QED) is 0.811. The maximum Gasteiger partial charge on any atom is 0.0636 e. The molecule has 0 fully saturated rings. The number of hydrogen-bond acceptors (Lipinski definition) is 2. The predicted molar refractivity (Wildman–Crippen MR) is 64.2 cm³/mol. The summed E-state index contributed by atoms with van der Waals surface area (Å²) in [6.07, 6.45) is 0.681. The lowest BCUT2D eigenvalue weighted by Gasteiger charge is -2.18. The van der Waals surface area contributed by atoms with Gasteiger partial charge in [-0.25, -0.2) is 0 Å². The zero-order valence-electron chi connectivity index (χ0n) is 9.20. The van der Waals surface area contributed by atoms with Gasteiger partial charge in [0.05, 0.1) is 6.10 Å². The second-order valence-electron chi connectivity index (χ2n) is 3.77. The molecule has 1 rings (SSSR count). The molecule has 0 heterocycles. The third-order valence-electron chi connectivity index (χ3n) is 2.34. The molecule has 0 bridgehead atoms. The zero-order valence-corrected chi connectivity index (χ0v) is 9.96. The lowest BCUT2D eigenvalue weighted by molar-refractivity contribution is 0.185. The maximum absolute atomic E-state index is 9.20. The lowest BCUT2D eigenvalue weighted by Crippen LogP contribution is -2.28. The third kappa shape index (κ3) is 4.20. The second kappa shape index (κ2) is 6.11. The maximum atomic E-state index is 9.20. The molecule has 1 aromatic rings. The molecular weight excluding hydrogens is 210 g/mol. The molecule has 1 unspecified atom stereocenters. The first-order valence-corrected chi connectivity index (χ1v) is 5.68. The van der Waals surface area contributed by atoms with Crippen molar-refractivity contribution in [1.29, 1.82) is 0 Å². The van der Waals surface area contributed by atoms with Gasteiger partial charge in [-0.15, -0.1) is 0 Å². The highest BCUT2D eigenvalue weighted by Crippen LogP contribution is 2.18. The molecule has 0 radical (unpaired) electrons. The van der Waals surface area contributed by atoms with E-state index in [9.17, 15) is 5.11 Å². The first kappa shape index (κ1) is 12.5. The van der Waals surface area contributed by atoms with Crippen LogP contribution in [-0.2, 0) is 0 Å². The standard InChI is InChI=1S/C12H18ClNO/c1-3-12(14-8-9(2)15)10-4-6-11(13)7-5-10/h4-7,9,12,14-15H,3,8H2,1-2H3/t9-,12?/m0/s1. The van der Waals surface area contributed by atoms with E-state index in [-0.39, 0.29) is 12.1 Å². The number of halogens is 1. The van der Waals surface area contributed by atoms with Crippen molar-refractivity contribution in [3.63, 3.8) is 0 Å². The Balaban J connectivity index is 2.61. The normalized spacial score (nSPS) is 14.9. The van der Waals surface area contributed by atoms with Gasteiger partial charge < -0.3 is 10.4 Å². The first-order chi connectivity index (χ1) is 7.13. The Morgan fingerprint density at radius 2 is 1.93 bits per heavy atom. The average Bonchev–Trinajstić information content (AvgIpc) is 2.21. The average molecular weight is 228 g/mol. The van der Waals surface area contributed by atoms with E-state index in [1.165, 1.54) is 5.56 Å². The van der Waals surface area contributed by atoms with Gasteiger partial charge in [-0.05, 0) is 31.0 Å². The van der Waals surface area contributed by atoms with Gasteiger partial charge in [0.2, 0.25) is 0 Å². The number of nitrogens with one attached hydrogen (secondary N) is 1. The van der Waals surface area contributed by atoms with Crippen molar-refractivity contribution in [3.05, 3.63) is 34.9 Å². The summed E-state index contributed by atoms with van der Waals surface area (Å²) in [4.78, 5) is 0. The van der Waals surface area contributed by atoms with Gasteiger partial charge in [-0.3, -0.25) is 0 Å². The number of aliphatic hydroxyl groups excluding tert-OH is 1. The van der Waals surface area contributed by atoms with E-state index in [2.05, 4.69) is 12.2 Å². The largest absolute Gasteiger partial charge is 0.392 e. The van der Waals surface area contributed by atoms with Crippen LogP contribution in [0.3, 0.4) is 0 Å². The van der Waals surface area contributed by atoms with Crippen molar-refractivity contribution in [2.45, 2.75) is 32.4 Å². The first-order valence-electron chi connectivity index (χ1n) is 5.30. The van der Waals surface area contributed by atoms with E-state index in [4.69, 9.17) is 11.6 Å². The second-order valence-corrected chi connectivity index (χ2v) is 4.21. The van der Waals surface area contributed by atoms with Crippen LogP contribution >= 0.6 is 11.6 Å². The van der Waals surface area contributed by atoms with Crippen molar-refractivity contribution < 1.29 is 5.11 Å². The van der Waals surface area contributed by atoms with Crippen LogP contribution in [0.2, 0.25) is 5.02 Å². The molecule has 1 aromatic carbocycles. The van der Waals surface area contributed by atoms with Gasteiger partial charge in [0.1, 0.15) is 0 Å². The van der Waals surface area contributed by atoms with Crippen molar-refractivity contribution in [2.75, 3.05) is 6.54 Å². The Morgan fingerprint density at radius 3 is 2.40 bits per heavy atom. The van der Waals surface area contributed by atoms with Crippen molar-refractivity contribution in [3.8, 4) is 0 Å². The van der Waals surface area contributed by atoms with Gasteiger partial charge in [0.15, 0.2) is 0 Å². The van der Waals surface area contributed by atoms with Crippen molar-refractivity contribution in [1.82, 2.24) is 5.32 Å². The highest BCUT2D eigenvalue weighted by Gasteiger charge is 2.08. The van der Waals surface area contributed by atoms with Crippen LogP contribution in [0.5, 0.6) is 0 Å². The van der Waals surface area contributed by atoms with Crippen LogP contribution in [0.4, 0.5) is 0 Å². The molecule has 0 saturated carbocycles. The molecule has 0 spiro atoms. The Labute approximate surface area is 96.3 Å². The molecular formula is C12H18ClNO. The molecule has 2 nitrogen and oxygen atoms in total. The topological polar surface area (TPSA) is 32.3 Å². The molecule has 15 heavy (non-hydrogen) atoms. The van der Waals surface area contributed by atoms with Crippen LogP contribution in [0, 0.1) is 0 Å². The summed E-state index contributed by atoms with van der Waals surface area (Å²) in [6.45, 7) is 4.51. The van der Waals surface area contributed by atoms with E-state index in [0.717, 1.165) is 11.4 Å². The van der Waals surface area contributed by atoms with Crippen LogP contribution < -0.4 is 5.32 Å². The van der Waals surface area contributed by atoms with Crippen LogP contribution in [0.1, 0.15) is 31.9 Å². The minimum atomic E-state index is -0.314. The number of rotatable bonds is 5. The number of hydrogen-bond donors (Lipinski definition) is 2. The number of aliphatic hydroxyl groups is 1. The fraction of sp³-hybridized carbons (Fsp3) is 0.500.